The van der Waals surface area contributed by atoms with Crippen LogP contribution < -0.4 is 10.2 Å². The lowest BCUT2D eigenvalue weighted by Crippen LogP contribution is -2.50. The number of aromatic nitrogens is 3. The lowest BCUT2D eigenvalue weighted by molar-refractivity contribution is 0.194. The topological polar surface area (TPSA) is 86.0 Å². The molecule has 4 rings (SSSR count). The van der Waals surface area contributed by atoms with E-state index in [0.717, 1.165) is 53.2 Å². The number of rotatable bonds is 4. The maximum atomic E-state index is 10.8. The van der Waals surface area contributed by atoms with Crippen molar-refractivity contribution >= 4 is 17.3 Å². The van der Waals surface area contributed by atoms with E-state index >= 15 is 0 Å². The zero-order valence-electron chi connectivity index (χ0n) is 17.0. The van der Waals surface area contributed by atoms with Gasteiger partial charge in [-0.25, -0.2) is 14.3 Å². The molecule has 3 heterocycles. The number of nitrogens with zero attached hydrogens (tertiary/aromatic N) is 5. The van der Waals surface area contributed by atoms with Crippen LogP contribution in [0.5, 0.6) is 0 Å². The molecule has 1 saturated heterocycles. The molecule has 8 nitrogen and oxygen atoms in total. The van der Waals surface area contributed by atoms with Gasteiger partial charge < -0.3 is 20.2 Å². The number of amides is 1. The minimum absolute atomic E-state index is 0.289. The van der Waals surface area contributed by atoms with E-state index in [4.69, 9.17) is 5.11 Å². The Morgan fingerprint density at radius 3 is 2.86 bits per heavy atom. The predicted molar refractivity (Wildman–Crippen MR) is 112 cm³/mol. The number of fused-ring (bicyclic) bond motifs is 1. The van der Waals surface area contributed by atoms with E-state index in [1.165, 1.54) is 0 Å². The zero-order valence-corrected chi connectivity index (χ0v) is 17.0. The molecule has 1 aromatic carbocycles. The van der Waals surface area contributed by atoms with Crippen molar-refractivity contribution in [3.63, 3.8) is 0 Å². The number of likely N-dealkylation sites (N-methyl/N-ethyl adjacent to an activating group) is 1. The standard InChI is InChI=1S/C21H26N6O2/c1-14-8-16(4-5-17(14)10-22-21(28)29)20-19-9-18(12-27(19)24-13-23-20)26-7-6-25(3)15(2)11-26/h4-5,8-9,12-13,15,22H,6-7,10-11H2,1-3H3,(H,28,29). The van der Waals surface area contributed by atoms with Crippen LogP contribution in [0.2, 0.25) is 0 Å². The summed E-state index contributed by atoms with van der Waals surface area (Å²) in [6.07, 6.45) is 2.62. The van der Waals surface area contributed by atoms with Crippen molar-refractivity contribution in [1.29, 1.82) is 0 Å². The molecule has 0 bridgehead atoms. The van der Waals surface area contributed by atoms with Gasteiger partial charge in [-0.15, -0.1) is 0 Å². The first-order valence-corrected chi connectivity index (χ1v) is 9.77. The number of hydrogen-bond donors (Lipinski definition) is 2. The third kappa shape index (κ3) is 3.88. The van der Waals surface area contributed by atoms with Crippen molar-refractivity contribution < 1.29 is 9.90 Å². The highest BCUT2D eigenvalue weighted by Crippen LogP contribution is 2.29. The smallest absolute Gasteiger partial charge is 0.404 e. The van der Waals surface area contributed by atoms with Crippen molar-refractivity contribution in [2.24, 2.45) is 0 Å². The summed E-state index contributed by atoms with van der Waals surface area (Å²) < 4.78 is 1.88. The van der Waals surface area contributed by atoms with Crippen LogP contribution in [0.25, 0.3) is 16.8 Å². The normalized spacial score (nSPS) is 17.6. The molecule has 0 radical (unpaired) electrons. The summed E-state index contributed by atoms with van der Waals surface area (Å²) in [4.78, 5) is 20.1. The Kier molecular flexibility index (Phi) is 5.10. The number of carbonyl (C=O) groups is 1. The molecular formula is C21H26N6O2. The first-order valence-electron chi connectivity index (χ1n) is 9.77. The van der Waals surface area contributed by atoms with Crippen molar-refractivity contribution in [3.8, 4) is 11.3 Å². The van der Waals surface area contributed by atoms with Gasteiger partial charge in [0, 0.05) is 37.8 Å². The van der Waals surface area contributed by atoms with Gasteiger partial charge in [-0.05, 0) is 44.2 Å². The summed E-state index contributed by atoms with van der Waals surface area (Å²) in [6.45, 7) is 7.53. The van der Waals surface area contributed by atoms with Gasteiger partial charge >= 0.3 is 6.09 Å². The summed E-state index contributed by atoms with van der Waals surface area (Å²) in [6, 6.07) is 8.64. The van der Waals surface area contributed by atoms with Gasteiger partial charge in [0.2, 0.25) is 0 Å². The van der Waals surface area contributed by atoms with Crippen LogP contribution in [-0.2, 0) is 6.54 Å². The second-order valence-corrected chi connectivity index (χ2v) is 7.71. The molecule has 1 unspecified atom stereocenters. The van der Waals surface area contributed by atoms with Gasteiger partial charge in [-0.1, -0.05) is 12.1 Å². The Labute approximate surface area is 169 Å². The average Bonchev–Trinajstić information content (AvgIpc) is 3.13. The molecule has 0 spiro atoms. The predicted octanol–water partition coefficient (Wildman–Crippen LogP) is 2.61. The highest BCUT2D eigenvalue weighted by Gasteiger charge is 2.22. The average molecular weight is 394 g/mol. The summed E-state index contributed by atoms with van der Waals surface area (Å²) in [5.74, 6) is 0. The number of aryl methyl sites for hydroxylation is 1. The number of anilines is 1. The Bertz CT molecular complexity index is 1050. The third-order valence-electron chi connectivity index (χ3n) is 5.76. The molecule has 0 saturated carbocycles. The van der Waals surface area contributed by atoms with Gasteiger partial charge in [0.15, 0.2) is 0 Å². The number of nitrogens with one attached hydrogen (secondary N) is 1. The quantitative estimate of drug-likeness (QED) is 0.708. The maximum Gasteiger partial charge on any atom is 0.404 e. The molecule has 152 valence electrons. The van der Waals surface area contributed by atoms with Crippen LogP contribution in [0.3, 0.4) is 0 Å². The molecule has 29 heavy (non-hydrogen) atoms. The molecule has 0 aliphatic carbocycles. The number of hydrogen-bond acceptors (Lipinski definition) is 5. The number of carboxylic acid groups (broad SMARTS) is 1. The van der Waals surface area contributed by atoms with Crippen LogP contribution in [0.1, 0.15) is 18.1 Å². The fraction of sp³-hybridized carbons (Fsp3) is 0.381. The molecule has 1 atom stereocenters. The van der Waals surface area contributed by atoms with E-state index in [-0.39, 0.29) is 6.54 Å². The third-order valence-corrected chi connectivity index (χ3v) is 5.76. The van der Waals surface area contributed by atoms with E-state index in [1.54, 1.807) is 6.33 Å². The van der Waals surface area contributed by atoms with E-state index in [9.17, 15) is 4.79 Å². The van der Waals surface area contributed by atoms with Crippen molar-refractivity contribution in [1.82, 2.24) is 24.8 Å². The molecular weight excluding hydrogens is 368 g/mol. The van der Waals surface area contributed by atoms with Crippen LogP contribution in [0, 0.1) is 6.92 Å². The van der Waals surface area contributed by atoms with E-state index in [1.807, 2.05) is 29.6 Å². The molecule has 2 N–H and O–H groups in total. The van der Waals surface area contributed by atoms with Gasteiger partial charge in [0.05, 0.1) is 23.1 Å². The molecule has 1 aliphatic rings. The molecule has 2 aromatic heterocycles. The number of piperazine rings is 1. The fourth-order valence-electron chi connectivity index (χ4n) is 3.81. The Morgan fingerprint density at radius 2 is 2.14 bits per heavy atom. The zero-order chi connectivity index (χ0) is 20.5. The molecule has 8 heteroatoms. The molecule has 1 aliphatic heterocycles. The van der Waals surface area contributed by atoms with E-state index in [2.05, 4.69) is 51.4 Å². The van der Waals surface area contributed by atoms with Crippen molar-refractivity contribution in [2.45, 2.75) is 26.4 Å². The first kappa shape index (κ1) is 19.2. The molecule has 1 fully saturated rings. The second kappa shape index (κ2) is 7.71. The summed E-state index contributed by atoms with van der Waals surface area (Å²) in [5.41, 5.74) is 5.95. The monoisotopic (exact) mass is 394 g/mol. The summed E-state index contributed by atoms with van der Waals surface area (Å²) in [7, 11) is 2.17. The second-order valence-electron chi connectivity index (χ2n) is 7.71. The minimum atomic E-state index is -1.02. The van der Waals surface area contributed by atoms with Gasteiger partial charge in [0.1, 0.15) is 6.33 Å². The van der Waals surface area contributed by atoms with Gasteiger partial charge in [-0.2, -0.15) is 5.10 Å². The lowest BCUT2D eigenvalue weighted by atomic mass is 10.0. The number of benzene rings is 1. The van der Waals surface area contributed by atoms with Crippen molar-refractivity contribution in [2.75, 3.05) is 31.6 Å². The Hall–Kier alpha value is -3.13. The summed E-state index contributed by atoms with van der Waals surface area (Å²) in [5, 5.41) is 15.6. The van der Waals surface area contributed by atoms with E-state index < -0.39 is 6.09 Å². The SMILES string of the molecule is Cc1cc(-c2ncnn3cc(N4CCN(C)C(C)C4)cc23)ccc1CNC(=O)O. The highest BCUT2D eigenvalue weighted by atomic mass is 16.4. The minimum Gasteiger partial charge on any atom is -0.465 e. The van der Waals surface area contributed by atoms with Crippen LogP contribution in [-0.4, -0.2) is 63.4 Å². The van der Waals surface area contributed by atoms with Gasteiger partial charge in [-0.3, -0.25) is 0 Å². The maximum absolute atomic E-state index is 10.8. The largest absolute Gasteiger partial charge is 0.465 e. The van der Waals surface area contributed by atoms with Crippen LogP contribution >= 0.6 is 0 Å². The van der Waals surface area contributed by atoms with Crippen molar-refractivity contribution in [3.05, 3.63) is 47.9 Å². The van der Waals surface area contributed by atoms with Crippen LogP contribution in [0.15, 0.2) is 36.8 Å². The van der Waals surface area contributed by atoms with Gasteiger partial charge in [0.25, 0.3) is 0 Å². The van der Waals surface area contributed by atoms with E-state index in [0.29, 0.717) is 6.04 Å². The molecule has 3 aromatic rings. The highest BCUT2D eigenvalue weighted by molar-refractivity contribution is 5.80. The van der Waals surface area contributed by atoms with Crippen LogP contribution in [0.4, 0.5) is 10.5 Å². The first-order chi connectivity index (χ1) is 13.9. The Balaban J connectivity index is 1.65. The molecule has 1 amide bonds. The summed E-state index contributed by atoms with van der Waals surface area (Å²) >= 11 is 0. The Morgan fingerprint density at radius 1 is 1.31 bits per heavy atom. The lowest BCUT2D eigenvalue weighted by Gasteiger charge is -2.38. The fourth-order valence-corrected chi connectivity index (χ4v) is 3.81.